The molecule has 1 aliphatic heterocycles. The van der Waals surface area contributed by atoms with Crippen molar-refractivity contribution in [1.29, 1.82) is 0 Å². The van der Waals surface area contributed by atoms with Gasteiger partial charge in [0.05, 0.1) is 25.6 Å². The van der Waals surface area contributed by atoms with E-state index in [1.54, 1.807) is 30.3 Å². The second-order valence-corrected chi connectivity index (χ2v) is 7.42. The molecule has 110 valence electrons. The van der Waals surface area contributed by atoms with E-state index in [1.807, 2.05) is 6.92 Å². The van der Waals surface area contributed by atoms with Crippen molar-refractivity contribution in [3.8, 4) is 0 Å². The Morgan fingerprint density at radius 2 is 1.80 bits per heavy atom. The molecule has 0 spiro atoms. The van der Waals surface area contributed by atoms with Gasteiger partial charge in [-0.15, -0.1) is 0 Å². The van der Waals surface area contributed by atoms with E-state index in [-0.39, 0.29) is 3.89 Å². The molecule has 1 fully saturated rings. The number of sulfonamides is 1. The molecule has 2 rings (SSSR count). The molecule has 0 atom stereocenters. The van der Waals surface area contributed by atoms with Gasteiger partial charge in [-0.05, 0) is 19.1 Å². The lowest BCUT2D eigenvalue weighted by Gasteiger charge is -2.40. The Morgan fingerprint density at radius 3 is 2.25 bits per heavy atom. The van der Waals surface area contributed by atoms with Crippen LogP contribution in [0, 0.1) is 5.92 Å². The number of carboxylic acid groups (broad SMARTS) is 1. The topological polar surface area (TPSA) is 71.4 Å². The number of likely N-dealkylation sites (tertiary alicyclic amines) is 1. The SMILES string of the molecule is CC[N+]1(S(=O)(=O)c2ccccc2)CCC(C(=O)O)CC1. The summed E-state index contributed by atoms with van der Waals surface area (Å²) in [6, 6.07) is 8.42. The summed E-state index contributed by atoms with van der Waals surface area (Å²) in [4.78, 5) is 11.3. The second kappa shape index (κ2) is 5.54. The Bertz CT molecular complexity index is 574. The monoisotopic (exact) mass is 298 g/mol. The van der Waals surface area contributed by atoms with Gasteiger partial charge in [0.25, 0.3) is 0 Å². The van der Waals surface area contributed by atoms with Crippen molar-refractivity contribution in [2.24, 2.45) is 5.92 Å². The molecule has 1 aromatic rings. The Kier molecular flexibility index (Phi) is 4.15. The lowest BCUT2D eigenvalue weighted by Crippen LogP contribution is -2.57. The number of quaternary nitrogens is 1. The zero-order valence-corrected chi connectivity index (χ0v) is 12.3. The van der Waals surface area contributed by atoms with Gasteiger partial charge < -0.3 is 5.11 Å². The zero-order chi connectivity index (χ0) is 14.8. The first-order valence-corrected chi connectivity index (χ1v) is 8.26. The predicted octanol–water partition coefficient (Wildman–Crippen LogP) is 1.71. The summed E-state index contributed by atoms with van der Waals surface area (Å²) < 4.78 is 25.6. The van der Waals surface area contributed by atoms with Crippen LogP contribution in [-0.2, 0) is 14.8 Å². The van der Waals surface area contributed by atoms with E-state index in [2.05, 4.69) is 0 Å². The van der Waals surface area contributed by atoms with Crippen LogP contribution in [0.15, 0.2) is 35.2 Å². The van der Waals surface area contributed by atoms with Gasteiger partial charge in [-0.2, -0.15) is 8.42 Å². The molecule has 0 saturated carbocycles. The third-order valence-corrected chi connectivity index (χ3v) is 6.76. The number of nitrogens with zero attached hydrogens (tertiary/aromatic N) is 1. The Hall–Kier alpha value is -1.40. The number of hydrogen-bond donors (Lipinski definition) is 1. The second-order valence-electron chi connectivity index (χ2n) is 5.22. The Balaban J connectivity index is 2.31. The summed E-state index contributed by atoms with van der Waals surface area (Å²) in [5.74, 6) is -1.24. The van der Waals surface area contributed by atoms with Gasteiger partial charge in [0.1, 0.15) is 4.90 Å². The van der Waals surface area contributed by atoms with Gasteiger partial charge >= 0.3 is 16.0 Å². The van der Waals surface area contributed by atoms with Crippen molar-refractivity contribution < 1.29 is 22.2 Å². The third kappa shape index (κ3) is 2.45. The van der Waals surface area contributed by atoms with E-state index in [0.717, 1.165) is 0 Å². The van der Waals surface area contributed by atoms with Crippen molar-refractivity contribution in [3.05, 3.63) is 30.3 Å². The molecule has 1 heterocycles. The Morgan fingerprint density at radius 1 is 1.25 bits per heavy atom. The lowest BCUT2D eigenvalue weighted by molar-refractivity contribution is -0.811. The molecule has 0 amide bonds. The van der Waals surface area contributed by atoms with Crippen LogP contribution in [0.3, 0.4) is 0 Å². The minimum atomic E-state index is -3.48. The van der Waals surface area contributed by atoms with Crippen LogP contribution in [0.5, 0.6) is 0 Å². The van der Waals surface area contributed by atoms with E-state index >= 15 is 0 Å². The first kappa shape index (κ1) is 15.0. The van der Waals surface area contributed by atoms with Gasteiger partial charge in [-0.3, -0.25) is 4.79 Å². The maximum absolute atomic E-state index is 12.8. The highest BCUT2D eigenvalue weighted by Crippen LogP contribution is 2.31. The summed E-state index contributed by atoms with van der Waals surface area (Å²) >= 11 is 0. The molecular weight excluding hydrogens is 278 g/mol. The van der Waals surface area contributed by atoms with E-state index < -0.39 is 21.9 Å². The highest BCUT2D eigenvalue weighted by molar-refractivity contribution is 7.86. The molecule has 0 aliphatic carbocycles. The number of carboxylic acids is 1. The molecule has 1 saturated heterocycles. The van der Waals surface area contributed by atoms with Crippen LogP contribution in [0.25, 0.3) is 0 Å². The Labute approximate surface area is 119 Å². The number of carbonyl (C=O) groups is 1. The van der Waals surface area contributed by atoms with Crippen molar-refractivity contribution in [2.75, 3.05) is 19.6 Å². The smallest absolute Gasteiger partial charge is 0.327 e. The molecule has 1 aliphatic rings. The summed E-state index contributed by atoms with van der Waals surface area (Å²) in [5.41, 5.74) is 0. The molecule has 5 nitrogen and oxygen atoms in total. The molecule has 0 aromatic heterocycles. The van der Waals surface area contributed by atoms with E-state index in [1.165, 1.54) is 0 Å². The fourth-order valence-corrected chi connectivity index (χ4v) is 4.81. The van der Waals surface area contributed by atoms with Crippen molar-refractivity contribution >= 4 is 16.0 Å². The van der Waals surface area contributed by atoms with Crippen LogP contribution >= 0.6 is 0 Å². The highest BCUT2D eigenvalue weighted by Gasteiger charge is 2.45. The van der Waals surface area contributed by atoms with Crippen LogP contribution in [0.2, 0.25) is 0 Å². The maximum Gasteiger partial charge on any atom is 0.327 e. The summed E-state index contributed by atoms with van der Waals surface area (Å²) in [7, 11) is -3.48. The number of hydrogen-bond acceptors (Lipinski definition) is 3. The number of piperidine rings is 1. The van der Waals surface area contributed by atoms with Crippen LogP contribution < -0.4 is 0 Å². The van der Waals surface area contributed by atoms with E-state index in [4.69, 9.17) is 5.11 Å². The largest absolute Gasteiger partial charge is 0.481 e. The standard InChI is InChI=1S/C14H19NO4S/c1-2-15(10-8-12(9-11-15)14(16)17)20(18,19)13-6-4-3-5-7-13/h3-7,12H,2,8-11H2,1H3/p+1. The van der Waals surface area contributed by atoms with E-state index in [0.29, 0.717) is 37.4 Å². The van der Waals surface area contributed by atoms with Gasteiger partial charge in [-0.1, -0.05) is 18.2 Å². The molecule has 0 bridgehead atoms. The quantitative estimate of drug-likeness (QED) is 0.859. The third-order valence-electron chi connectivity index (χ3n) is 4.25. The molecule has 0 radical (unpaired) electrons. The molecular formula is C14H20NO4S+. The predicted molar refractivity (Wildman–Crippen MR) is 74.5 cm³/mol. The fraction of sp³-hybridized carbons (Fsp3) is 0.500. The molecule has 1 N–H and O–H groups in total. The van der Waals surface area contributed by atoms with Gasteiger partial charge in [-0.25, -0.2) is 3.89 Å². The van der Waals surface area contributed by atoms with E-state index in [9.17, 15) is 13.2 Å². The average Bonchev–Trinajstić information content (AvgIpc) is 2.48. The molecule has 6 heteroatoms. The molecule has 1 aromatic carbocycles. The minimum absolute atomic E-state index is 0.0409. The maximum atomic E-state index is 12.8. The first-order chi connectivity index (χ1) is 9.43. The summed E-state index contributed by atoms with van der Waals surface area (Å²) in [6.07, 6.45) is 0.824. The zero-order valence-electron chi connectivity index (χ0n) is 11.5. The van der Waals surface area contributed by atoms with Crippen LogP contribution in [-0.4, -0.2) is 43.0 Å². The number of rotatable bonds is 4. The number of benzene rings is 1. The minimum Gasteiger partial charge on any atom is -0.481 e. The molecule has 20 heavy (non-hydrogen) atoms. The lowest BCUT2D eigenvalue weighted by atomic mass is 9.97. The normalized spacial score (nSPS) is 27.1. The number of aliphatic carboxylic acids is 1. The van der Waals surface area contributed by atoms with Crippen LogP contribution in [0.4, 0.5) is 0 Å². The van der Waals surface area contributed by atoms with Gasteiger partial charge in [0, 0.05) is 12.8 Å². The summed E-state index contributed by atoms with van der Waals surface area (Å²) in [5, 5.41) is 9.04. The van der Waals surface area contributed by atoms with Crippen molar-refractivity contribution in [1.82, 2.24) is 0 Å². The highest BCUT2D eigenvalue weighted by atomic mass is 32.2. The fourth-order valence-electron chi connectivity index (χ4n) is 2.83. The first-order valence-electron chi connectivity index (χ1n) is 6.82. The van der Waals surface area contributed by atoms with Crippen molar-refractivity contribution in [3.63, 3.8) is 0 Å². The molecule has 0 unspecified atom stereocenters. The van der Waals surface area contributed by atoms with Gasteiger partial charge in [0.2, 0.25) is 0 Å². The average molecular weight is 298 g/mol. The van der Waals surface area contributed by atoms with Gasteiger partial charge in [0.15, 0.2) is 0 Å². The summed E-state index contributed by atoms with van der Waals surface area (Å²) in [6.45, 7) is 3.04. The van der Waals surface area contributed by atoms with Crippen LogP contribution in [0.1, 0.15) is 19.8 Å². The van der Waals surface area contributed by atoms with Crippen molar-refractivity contribution in [2.45, 2.75) is 24.7 Å².